The van der Waals surface area contributed by atoms with Crippen molar-refractivity contribution < 1.29 is 23.9 Å². The van der Waals surface area contributed by atoms with Crippen LogP contribution in [-0.4, -0.2) is 82.0 Å². The van der Waals surface area contributed by atoms with Crippen LogP contribution in [0.1, 0.15) is 55.4 Å². The Morgan fingerprint density at radius 2 is 1.31 bits per heavy atom. The number of carbonyl (C=O) groups is 3. The van der Waals surface area contributed by atoms with Gasteiger partial charge in [-0.3, -0.25) is 9.69 Å². The van der Waals surface area contributed by atoms with Gasteiger partial charge in [0.15, 0.2) is 5.78 Å². The van der Waals surface area contributed by atoms with E-state index < -0.39 is 17.3 Å². The van der Waals surface area contributed by atoms with Gasteiger partial charge in [-0.15, -0.1) is 0 Å². The molecular formula is C20H35B2I2N3O5. The summed E-state index contributed by atoms with van der Waals surface area (Å²) in [5.74, 6) is 0.0541. The molecule has 2 aliphatic rings. The van der Waals surface area contributed by atoms with Crippen LogP contribution in [0, 0.1) is 5.92 Å². The number of carbonyl (C=O) groups excluding carboxylic acids is 3. The van der Waals surface area contributed by atoms with Crippen molar-refractivity contribution in [3.63, 3.8) is 0 Å². The van der Waals surface area contributed by atoms with Gasteiger partial charge < -0.3 is 20.1 Å². The minimum atomic E-state index is -0.494. The number of ether oxygens (including phenoxy) is 2. The Balaban J connectivity index is -0.000000461. The summed E-state index contributed by atoms with van der Waals surface area (Å²) in [7, 11) is 0. The summed E-state index contributed by atoms with van der Waals surface area (Å²) in [5, 5.41) is 0. The summed E-state index contributed by atoms with van der Waals surface area (Å²) in [6.45, 7) is 16.5. The average molecular weight is 673 g/mol. The van der Waals surface area contributed by atoms with Gasteiger partial charge in [-0.2, -0.15) is 0 Å². The lowest BCUT2D eigenvalue weighted by atomic mass is 10.1. The zero-order chi connectivity index (χ0) is 23.9. The number of halogens is 2. The monoisotopic (exact) mass is 673 g/mol. The first kappa shape index (κ1) is 35.9. The highest BCUT2D eigenvalue weighted by Gasteiger charge is 2.33. The fourth-order valence-corrected chi connectivity index (χ4v) is 2.55. The molecule has 1 atom stereocenters. The van der Waals surface area contributed by atoms with Crippen LogP contribution >= 0.6 is 37.2 Å². The van der Waals surface area contributed by atoms with Crippen LogP contribution in [0.5, 0.6) is 0 Å². The van der Waals surface area contributed by atoms with E-state index in [0.717, 1.165) is 11.3 Å². The summed E-state index contributed by atoms with van der Waals surface area (Å²) < 4.78 is 10.4. The van der Waals surface area contributed by atoms with Crippen molar-refractivity contribution in [1.82, 2.24) is 9.80 Å². The lowest BCUT2D eigenvalue weighted by molar-refractivity contribution is -0.119. The van der Waals surface area contributed by atoms with E-state index in [9.17, 15) is 14.4 Å². The molecule has 0 aromatic heterocycles. The lowest BCUT2D eigenvalue weighted by Crippen LogP contribution is -2.36. The molecule has 1 fully saturated rings. The minimum Gasteiger partial charge on any atom is -0.444 e. The second-order valence-electron chi connectivity index (χ2n) is 9.37. The van der Waals surface area contributed by atoms with E-state index in [-0.39, 0.29) is 41.2 Å². The molecule has 2 aliphatic heterocycles. The maximum absolute atomic E-state index is 11.6. The van der Waals surface area contributed by atoms with E-state index in [1.807, 2.05) is 55.4 Å². The van der Waals surface area contributed by atoms with Gasteiger partial charge in [0.1, 0.15) is 11.2 Å². The molecule has 2 amide bonds. The number of ketones is 1. The Morgan fingerprint density at radius 1 is 0.906 bits per heavy atom. The number of nitrogens with two attached hydrogens (primary N) is 1. The minimum absolute atomic E-state index is 0. The second-order valence-corrected chi connectivity index (χ2v) is 9.37. The van der Waals surface area contributed by atoms with Gasteiger partial charge in [0.25, 0.3) is 0 Å². The molecule has 8 nitrogen and oxygen atoms in total. The number of amides is 2. The topological polar surface area (TPSA) is 102 Å². The van der Waals surface area contributed by atoms with Crippen LogP contribution in [-0.2, 0) is 14.3 Å². The maximum atomic E-state index is 11.6. The molecule has 2 N–H and O–H groups in total. The SMILES string of the molecule is CC1=C(N)CN(C(=O)OC(C)(C)C)C1.CC1CN(C(=O)OC(C)(C)C)CC1=O.II.[B].[B]. The Morgan fingerprint density at radius 3 is 1.59 bits per heavy atom. The highest BCUT2D eigenvalue weighted by atomic mass is 128. The highest BCUT2D eigenvalue weighted by Crippen LogP contribution is 2.17. The molecule has 1 saturated heterocycles. The van der Waals surface area contributed by atoms with Gasteiger partial charge in [-0.25, -0.2) is 9.59 Å². The predicted octanol–water partition coefficient (Wildman–Crippen LogP) is 3.92. The molecule has 32 heavy (non-hydrogen) atoms. The standard InChI is InChI=1S/C10H18N2O2.C10H17NO3.2B.I2/c1-7-5-12(6-8(7)11)9(13)14-10(2,3)4;1-7-5-11(6-8(7)12)9(13)14-10(2,3)4;;;1-2/h5-6,11H2,1-4H3;7H,5-6H2,1-4H3;;;. The molecule has 6 radical (unpaired) electrons. The summed E-state index contributed by atoms with van der Waals surface area (Å²) >= 11 is 4.24. The molecule has 0 spiro atoms. The van der Waals surface area contributed by atoms with Crippen molar-refractivity contribution in [2.45, 2.75) is 66.6 Å². The fourth-order valence-electron chi connectivity index (χ4n) is 2.55. The number of nitrogens with zero attached hydrogens (tertiary/aromatic N) is 2. The van der Waals surface area contributed by atoms with E-state index in [1.165, 1.54) is 4.90 Å². The number of hydrogen-bond donors (Lipinski definition) is 1. The fraction of sp³-hybridized carbons (Fsp3) is 0.750. The van der Waals surface area contributed by atoms with Gasteiger partial charge in [0, 0.05) is 78.8 Å². The Kier molecular flexibility index (Phi) is 17.2. The van der Waals surface area contributed by atoms with Crippen molar-refractivity contribution >= 4 is 72.0 Å². The van der Waals surface area contributed by atoms with E-state index >= 15 is 0 Å². The molecule has 12 heteroatoms. The van der Waals surface area contributed by atoms with Crippen molar-refractivity contribution in [1.29, 1.82) is 0 Å². The van der Waals surface area contributed by atoms with Gasteiger partial charge in [0.05, 0.1) is 13.1 Å². The number of likely N-dealkylation sites (tertiary alicyclic amines) is 1. The number of hydrogen-bond acceptors (Lipinski definition) is 6. The normalized spacial score (nSPS) is 17.8. The first-order chi connectivity index (χ1) is 13.6. The van der Waals surface area contributed by atoms with Crippen LogP contribution in [0.2, 0.25) is 0 Å². The number of rotatable bonds is 0. The molecule has 0 aliphatic carbocycles. The van der Waals surface area contributed by atoms with Crippen molar-refractivity contribution in [3.8, 4) is 0 Å². The second kappa shape index (κ2) is 15.3. The van der Waals surface area contributed by atoms with Crippen LogP contribution in [0.15, 0.2) is 11.3 Å². The molecule has 1 unspecified atom stereocenters. The van der Waals surface area contributed by atoms with E-state index in [4.69, 9.17) is 15.2 Å². The Labute approximate surface area is 220 Å². The molecule has 0 aromatic rings. The van der Waals surface area contributed by atoms with Crippen LogP contribution < -0.4 is 5.73 Å². The summed E-state index contributed by atoms with van der Waals surface area (Å²) in [6.07, 6.45) is -0.687. The van der Waals surface area contributed by atoms with Gasteiger partial charge >= 0.3 is 12.2 Å². The zero-order valence-corrected chi connectivity index (χ0v) is 24.6. The molecule has 2 rings (SSSR count). The first-order valence-corrected chi connectivity index (χ1v) is 15.9. The van der Waals surface area contributed by atoms with Crippen molar-refractivity contribution in [3.05, 3.63) is 11.3 Å². The summed E-state index contributed by atoms with van der Waals surface area (Å²) in [6, 6.07) is 0. The molecule has 0 aromatic carbocycles. The predicted molar refractivity (Wildman–Crippen MR) is 146 cm³/mol. The van der Waals surface area contributed by atoms with Gasteiger partial charge in [0.2, 0.25) is 0 Å². The average Bonchev–Trinajstić information content (AvgIpc) is 3.10. The molecule has 2 heterocycles. The number of Topliss-reactive ketones (excluding diaryl/α,β-unsaturated/α-hetero) is 1. The molecule has 0 saturated carbocycles. The van der Waals surface area contributed by atoms with Crippen LogP contribution in [0.4, 0.5) is 9.59 Å². The van der Waals surface area contributed by atoms with Gasteiger partial charge in [-0.05, 0) is 54.0 Å². The smallest absolute Gasteiger partial charge is 0.410 e. The zero-order valence-electron chi connectivity index (χ0n) is 20.3. The summed E-state index contributed by atoms with van der Waals surface area (Å²) in [5.41, 5.74) is 6.59. The lowest BCUT2D eigenvalue weighted by Gasteiger charge is -2.24. The van der Waals surface area contributed by atoms with E-state index in [0.29, 0.717) is 19.6 Å². The molecule has 180 valence electrons. The van der Waals surface area contributed by atoms with E-state index in [1.54, 1.807) is 4.90 Å². The Hall–Kier alpha value is -0.660. The van der Waals surface area contributed by atoms with Crippen LogP contribution in [0.3, 0.4) is 0 Å². The third-order valence-corrected chi connectivity index (χ3v) is 4.03. The molecular weight excluding hydrogens is 638 g/mol. The quantitative estimate of drug-likeness (QED) is 0.309. The third kappa shape index (κ3) is 13.8. The largest absolute Gasteiger partial charge is 0.444 e. The van der Waals surface area contributed by atoms with Gasteiger partial charge in [-0.1, -0.05) is 6.92 Å². The van der Waals surface area contributed by atoms with Crippen molar-refractivity contribution in [2.24, 2.45) is 11.7 Å². The van der Waals surface area contributed by atoms with Crippen molar-refractivity contribution in [2.75, 3.05) is 26.2 Å². The highest BCUT2D eigenvalue weighted by molar-refractivity contribution is 15.0. The first-order valence-electron chi connectivity index (χ1n) is 9.66. The van der Waals surface area contributed by atoms with Crippen LogP contribution in [0.25, 0.3) is 0 Å². The third-order valence-electron chi connectivity index (χ3n) is 4.03. The maximum Gasteiger partial charge on any atom is 0.410 e. The van der Waals surface area contributed by atoms with E-state index in [2.05, 4.69) is 37.2 Å². The molecule has 0 bridgehead atoms. The Bertz CT molecular complexity index is 651. The summed E-state index contributed by atoms with van der Waals surface area (Å²) in [4.78, 5) is 37.3.